The molecule has 1 aliphatic carbocycles. The van der Waals surface area contributed by atoms with Gasteiger partial charge in [-0.25, -0.2) is 9.78 Å². The highest BCUT2D eigenvalue weighted by Crippen LogP contribution is 2.38. The van der Waals surface area contributed by atoms with E-state index in [9.17, 15) is 4.79 Å². The van der Waals surface area contributed by atoms with Crippen molar-refractivity contribution in [2.24, 2.45) is 0 Å². The lowest BCUT2D eigenvalue weighted by molar-refractivity contribution is -0.509. The Bertz CT molecular complexity index is 584. The number of H-pyrrole nitrogens is 1. The summed E-state index contributed by atoms with van der Waals surface area (Å²) in [5, 5.41) is 8.92. The van der Waals surface area contributed by atoms with Gasteiger partial charge in [0.1, 0.15) is 29.3 Å². The van der Waals surface area contributed by atoms with Crippen LogP contribution in [0.1, 0.15) is 34.8 Å². The number of nitrogens with zero attached hydrogens (tertiary/aromatic N) is 1. The van der Waals surface area contributed by atoms with E-state index in [1.165, 1.54) is 18.9 Å². The van der Waals surface area contributed by atoms with E-state index in [4.69, 9.17) is 10.8 Å². The second kappa shape index (κ2) is 2.98. The fourth-order valence-electron chi connectivity index (χ4n) is 1.91. The van der Waals surface area contributed by atoms with Gasteiger partial charge in [-0.3, -0.25) is 0 Å². The summed E-state index contributed by atoms with van der Waals surface area (Å²) in [5.74, 6) is -0.372. The van der Waals surface area contributed by atoms with Crippen LogP contribution < -0.4 is 10.1 Å². The van der Waals surface area contributed by atoms with Gasteiger partial charge in [-0.15, -0.1) is 0 Å². The highest BCUT2D eigenvalue weighted by Gasteiger charge is 2.30. The van der Waals surface area contributed by atoms with E-state index in [1.54, 1.807) is 10.6 Å². The molecule has 0 amide bonds. The Morgan fingerprint density at radius 1 is 1.50 bits per heavy atom. The summed E-state index contributed by atoms with van der Waals surface area (Å²) in [7, 11) is 0. The molecule has 0 aromatic carbocycles. The molecule has 3 rings (SSSR count). The molecule has 1 saturated carbocycles. The van der Waals surface area contributed by atoms with Gasteiger partial charge in [-0.2, -0.15) is 4.40 Å². The number of hydrogen-bond donors (Lipinski definition) is 3. The fourth-order valence-corrected chi connectivity index (χ4v) is 1.91. The molecule has 0 saturated heterocycles. The molecule has 0 unspecified atom stereocenters. The third kappa shape index (κ3) is 1.32. The Kier molecular flexibility index (Phi) is 1.71. The lowest BCUT2D eigenvalue weighted by Gasteiger charge is -1.94. The quantitative estimate of drug-likeness (QED) is 0.655. The minimum atomic E-state index is -0.963. The van der Waals surface area contributed by atoms with E-state index in [0.29, 0.717) is 11.6 Å². The third-order valence-corrected chi connectivity index (χ3v) is 2.93. The predicted octanol–water partition coefficient (Wildman–Crippen LogP) is 0.911. The molecular formula is C11H12N3O2+. The number of carboxylic acid groups (broad SMARTS) is 1. The van der Waals surface area contributed by atoms with Gasteiger partial charge in [0.25, 0.3) is 0 Å². The van der Waals surface area contributed by atoms with E-state index in [1.807, 2.05) is 6.20 Å². The average molecular weight is 218 g/mol. The summed E-state index contributed by atoms with van der Waals surface area (Å²) < 4.78 is 1.76. The van der Waals surface area contributed by atoms with Gasteiger partial charge in [0.15, 0.2) is 0 Å². The number of fused-ring (bicyclic) bond motifs is 1. The average Bonchev–Trinajstić information content (AvgIpc) is 2.98. The highest BCUT2D eigenvalue weighted by molar-refractivity contribution is 5.88. The smallest absolute Gasteiger partial charge is 0.339 e. The number of aromatic nitrogens is 2. The van der Waals surface area contributed by atoms with Crippen molar-refractivity contribution in [2.45, 2.75) is 18.8 Å². The Morgan fingerprint density at radius 2 is 2.25 bits per heavy atom. The van der Waals surface area contributed by atoms with Crippen LogP contribution in [0.2, 0.25) is 0 Å². The fraction of sp³-hybridized carbons (Fsp3) is 0.273. The Hall–Kier alpha value is -2.04. The van der Waals surface area contributed by atoms with Gasteiger partial charge >= 0.3 is 11.6 Å². The van der Waals surface area contributed by atoms with Crippen LogP contribution in [0.3, 0.4) is 0 Å². The Morgan fingerprint density at radius 3 is 2.88 bits per heavy atom. The molecule has 0 atom stereocenters. The molecule has 0 bridgehead atoms. The van der Waals surface area contributed by atoms with E-state index in [-0.39, 0.29) is 5.56 Å². The number of carboxylic acids is 1. The zero-order valence-electron chi connectivity index (χ0n) is 8.60. The maximum atomic E-state index is 10.9. The van der Waals surface area contributed by atoms with Gasteiger partial charge in [0, 0.05) is 5.92 Å². The highest BCUT2D eigenvalue weighted by atomic mass is 16.4. The molecule has 82 valence electrons. The first-order chi connectivity index (χ1) is 7.65. The van der Waals surface area contributed by atoms with Crippen LogP contribution in [0.5, 0.6) is 0 Å². The molecule has 0 spiro atoms. The summed E-state index contributed by atoms with van der Waals surface area (Å²) in [6, 6.07) is 1.48. The Balaban J connectivity index is 2.21. The number of anilines is 1. The number of carbonyl (C=O) groups is 1. The van der Waals surface area contributed by atoms with Crippen molar-refractivity contribution in [1.82, 2.24) is 4.98 Å². The van der Waals surface area contributed by atoms with Crippen LogP contribution in [-0.2, 0) is 0 Å². The van der Waals surface area contributed by atoms with E-state index in [2.05, 4.69) is 4.98 Å². The second-order valence-corrected chi connectivity index (χ2v) is 4.23. The van der Waals surface area contributed by atoms with Crippen LogP contribution in [0, 0.1) is 0 Å². The maximum absolute atomic E-state index is 10.9. The van der Waals surface area contributed by atoms with Crippen molar-refractivity contribution in [3.8, 4) is 0 Å². The first-order valence-electron chi connectivity index (χ1n) is 5.22. The Labute approximate surface area is 91.5 Å². The molecule has 2 heterocycles. The van der Waals surface area contributed by atoms with Crippen molar-refractivity contribution in [1.29, 1.82) is 0 Å². The molecular weight excluding hydrogens is 206 g/mol. The molecule has 5 nitrogen and oxygen atoms in total. The number of nitrogen functional groups attached to an aromatic ring is 1. The normalized spacial score (nSPS) is 15.5. The van der Waals surface area contributed by atoms with E-state index in [0.717, 1.165) is 11.3 Å². The topological polar surface area (TPSA) is 83.2 Å². The van der Waals surface area contributed by atoms with E-state index >= 15 is 0 Å². The van der Waals surface area contributed by atoms with Gasteiger partial charge < -0.3 is 10.8 Å². The second-order valence-electron chi connectivity index (χ2n) is 4.23. The van der Waals surface area contributed by atoms with Gasteiger partial charge in [0.05, 0.1) is 0 Å². The number of hydrogen-bond acceptors (Lipinski definition) is 2. The first-order valence-corrected chi connectivity index (χ1v) is 5.22. The lowest BCUT2D eigenvalue weighted by atomic mass is 10.2. The molecule has 2 aromatic rings. The van der Waals surface area contributed by atoms with Crippen molar-refractivity contribution < 1.29 is 14.3 Å². The zero-order valence-corrected chi connectivity index (χ0v) is 8.60. The monoisotopic (exact) mass is 218 g/mol. The predicted molar refractivity (Wildman–Crippen MR) is 57.3 cm³/mol. The molecule has 2 aromatic heterocycles. The van der Waals surface area contributed by atoms with Crippen LogP contribution in [-0.4, -0.2) is 16.1 Å². The maximum Gasteiger partial charge on any atom is 0.339 e. The number of imidazole rings is 1. The number of aromatic amines is 1. The molecule has 0 radical (unpaired) electrons. The number of aromatic carboxylic acids is 1. The minimum absolute atomic E-state index is 0.205. The number of nitrogens with one attached hydrogen (secondary N) is 1. The van der Waals surface area contributed by atoms with Crippen molar-refractivity contribution in [2.75, 3.05) is 5.73 Å². The summed E-state index contributed by atoms with van der Waals surface area (Å²) in [5.41, 5.74) is 8.39. The number of rotatable bonds is 2. The van der Waals surface area contributed by atoms with Gasteiger partial charge in [-0.1, -0.05) is 0 Å². The molecule has 0 aliphatic heterocycles. The van der Waals surface area contributed by atoms with Crippen molar-refractivity contribution in [3.63, 3.8) is 0 Å². The van der Waals surface area contributed by atoms with Crippen molar-refractivity contribution in [3.05, 3.63) is 29.7 Å². The van der Waals surface area contributed by atoms with Gasteiger partial charge in [-0.05, 0) is 18.9 Å². The largest absolute Gasteiger partial charge is 0.478 e. The van der Waals surface area contributed by atoms with Crippen LogP contribution in [0.4, 0.5) is 5.69 Å². The summed E-state index contributed by atoms with van der Waals surface area (Å²) in [4.78, 5) is 14.1. The molecule has 1 fully saturated rings. The molecule has 5 heteroatoms. The summed E-state index contributed by atoms with van der Waals surface area (Å²) >= 11 is 0. The van der Waals surface area contributed by atoms with Gasteiger partial charge in [0.2, 0.25) is 0 Å². The zero-order chi connectivity index (χ0) is 11.3. The molecule has 1 aliphatic rings. The lowest BCUT2D eigenvalue weighted by Crippen LogP contribution is -2.21. The number of nitrogens with two attached hydrogens (primary N) is 1. The van der Waals surface area contributed by atoms with Crippen LogP contribution in [0.15, 0.2) is 18.5 Å². The van der Waals surface area contributed by atoms with Crippen LogP contribution in [0.25, 0.3) is 5.65 Å². The summed E-state index contributed by atoms with van der Waals surface area (Å²) in [6.07, 6.45) is 5.89. The van der Waals surface area contributed by atoms with Crippen LogP contribution >= 0.6 is 0 Å². The summed E-state index contributed by atoms with van der Waals surface area (Å²) in [6.45, 7) is 0. The minimum Gasteiger partial charge on any atom is -0.478 e. The molecule has 4 N–H and O–H groups in total. The SMILES string of the molecule is Nc1cc(C(=O)O)c[n+]2cc(C3CC3)[nH]c12. The third-order valence-electron chi connectivity index (χ3n) is 2.93. The number of pyridine rings is 1. The van der Waals surface area contributed by atoms with Crippen molar-refractivity contribution >= 4 is 17.3 Å². The first kappa shape index (κ1) is 9.21. The standard InChI is InChI=1S/C11H11N3O2/c12-8-3-7(11(15)16)4-14-5-9(6-1-2-6)13-10(8)14/h3-6H,1-2,12H2,(H,15,16)/p+1. The van der Waals surface area contributed by atoms with E-state index < -0.39 is 5.97 Å². The molecule has 16 heavy (non-hydrogen) atoms.